The summed E-state index contributed by atoms with van der Waals surface area (Å²) in [7, 11) is 0. The van der Waals surface area contributed by atoms with Gasteiger partial charge >= 0.3 is 0 Å². The first-order chi connectivity index (χ1) is 6.12. The fourth-order valence-electron chi connectivity index (χ4n) is 2.30. The monoisotopic (exact) mass is 181 g/mol. The van der Waals surface area contributed by atoms with Crippen LogP contribution >= 0.6 is 0 Å². The summed E-state index contributed by atoms with van der Waals surface area (Å²) in [5.41, 5.74) is 1.76. The third kappa shape index (κ3) is 3.84. The Bertz CT molecular complexity index is 166. The maximum Gasteiger partial charge on any atom is 0.0143 e. The lowest BCUT2D eigenvalue weighted by Crippen LogP contribution is -2.16. The van der Waals surface area contributed by atoms with E-state index in [1.807, 2.05) is 6.92 Å². The lowest BCUT2D eigenvalue weighted by atomic mass is 9.84. The first kappa shape index (κ1) is 10.6. The van der Waals surface area contributed by atoms with E-state index in [9.17, 15) is 0 Å². The largest absolute Gasteiger partial charge is 0.389 e. The molecule has 13 heavy (non-hydrogen) atoms. The normalized spacial score (nSPS) is 20.2. The molecular formula is C12H23N. The van der Waals surface area contributed by atoms with Crippen LogP contribution in [0, 0.1) is 5.41 Å². The van der Waals surface area contributed by atoms with E-state index >= 15 is 0 Å². The van der Waals surface area contributed by atoms with Crippen molar-refractivity contribution in [2.45, 2.75) is 52.4 Å². The molecule has 1 heteroatoms. The van der Waals surface area contributed by atoms with Gasteiger partial charge in [0, 0.05) is 12.2 Å². The molecule has 1 aliphatic carbocycles. The highest BCUT2D eigenvalue weighted by Crippen LogP contribution is 2.41. The summed E-state index contributed by atoms with van der Waals surface area (Å²) in [4.78, 5) is 0. The van der Waals surface area contributed by atoms with E-state index in [-0.39, 0.29) is 0 Å². The molecule has 0 aliphatic heterocycles. The van der Waals surface area contributed by atoms with Gasteiger partial charge in [-0.2, -0.15) is 0 Å². The van der Waals surface area contributed by atoms with Gasteiger partial charge in [-0.15, -0.1) is 0 Å². The molecule has 76 valence electrons. The molecule has 0 aromatic heterocycles. The number of nitrogens with one attached hydrogen (secondary N) is 1. The Morgan fingerprint density at radius 1 is 1.38 bits per heavy atom. The van der Waals surface area contributed by atoms with Gasteiger partial charge in [0.25, 0.3) is 0 Å². The third-order valence-corrected chi connectivity index (χ3v) is 3.19. The van der Waals surface area contributed by atoms with Crippen LogP contribution in [0.2, 0.25) is 0 Å². The van der Waals surface area contributed by atoms with E-state index < -0.39 is 0 Å². The van der Waals surface area contributed by atoms with Crippen LogP contribution in [-0.4, -0.2) is 6.54 Å². The van der Waals surface area contributed by atoms with Gasteiger partial charge in [-0.1, -0.05) is 26.3 Å². The number of allylic oxidation sites excluding steroid dienone is 1. The highest BCUT2D eigenvalue weighted by atomic mass is 14.9. The second-order valence-electron chi connectivity index (χ2n) is 4.83. The standard InChI is InChI=1S/C12H23N/c1-11(2)13-10-6-9-12(3)7-4-5-8-12/h13H,1,4-10H2,2-3H3. The molecule has 0 aromatic rings. The molecule has 0 unspecified atom stereocenters. The Morgan fingerprint density at radius 3 is 2.54 bits per heavy atom. The quantitative estimate of drug-likeness (QED) is 0.640. The zero-order valence-electron chi connectivity index (χ0n) is 9.16. The van der Waals surface area contributed by atoms with E-state index in [1.165, 1.54) is 38.5 Å². The maximum atomic E-state index is 3.83. The summed E-state index contributed by atoms with van der Waals surface area (Å²) in [6.07, 6.45) is 8.46. The summed E-state index contributed by atoms with van der Waals surface area (Å²) >= 11 is 0. The lowest BCUT2D eigenvalue weighted by Gasteiger charge is -2.23. The van der Waals surface area contributed by atoms with Crippen LogP contribution in [0.25, 0.3) is 0 Å². The SMILES string of the molecule is C=C(C)NCCCC1(C)CCCC1. The van der Waals surface area contributed by atoms with Crippen molar-refractivity contribution >= 4 is 0 Å². The summed E-state index contributed by atoms with van der Waals surface area (Å²) in [6, 6.07) is 0. The fraction of sp³-hybridized carbons (Fsp3) is 0.833. The van der Waals surface area contributed by atoms with Crippen molar-refractivity contribution in [2.75, 3.05) is 6.54 Å². The van der Waals surface area contributed by atoms with Crippen molar-refractivity contribution in [3.8, 4) is 0 Å². The highest BCUT2D eigenvalue weighted by molar-refractivity contribution is 4.85. The van der Waals surface area contributed by atoms with Gasteiger partial charge < -0.3 is 5.32 Å². The van der Waals surface area contributed by atoms with Crippen molar-refractivity contribution in [1.82, 2.24) is 5.32 Å². The predicted octanol–water partition coefficient (Wildman–Crippen LogP) is 3.47. The van der Waals surface area contributed by atoms with Crippen molar-refractivity contribution in [2.24, 2.45) is 5.41 Å². The topological polar surface area (TPSA) is 12.0 Å². The van der Waals surface area contributed by atoms with Crippen LogP contribution in [0.15, 0.2) is 12.3 Å². The molecule has 1 fully saturated rings. The second-order valence-corrected chi connectivity index (χ2v) is 4.83. The molecule has 1 saturated carbocycles. The minimum Gasteiger partial charge on any atom is -0.389 e. The van der Waals surface area contributed by atoms with Gasteiger partial charge in [-0.25, -0.2) is 0 Å². The predicted molar refractivity (Wildman–Crippen MR) is 58.6 cm³/mol. The molecule has 1 rings (SSSR count). The molecule has 1 N–H and O–H groups in total. The van der Waals surface area contributed by atoms with E-state index in [0.29, 0.717) is 5.41 Å². The lowest BCUT2D eigenvalue weighted by molar-refractivity contribution is 0.299. The average molecular weight is 181 g/mol. The molecule has 0 heterocycles. The Hall–Kier alpha value is -0.460. The minimum atomic E-state index is 0.663. The Labute approximate surface area is 82.6 Å². The van der Waals surface area contributed by atoms with Crippen LogP contribution in [0.5, 0.6) is 0 Å². The van der Waals surface area contributed by atoms with Gasteiger partial charge in [0.2, 0.25) is 0 Å². The van der Waals surface area contributed by atoms with Gasteiger partial charge in [0.1, 0.15) is 0 Å². The zero-order valence-corrected chi connectivity index (χ0v) is 9.16. The summed E-state index contributed by atoms with van der Waals surface area (Å²) in [5, 5.41) is 3.29. The van der Waals surface area contributed by atoms with E-state index in [2.05, 4.69) is 18.8 Å². The van der Waals surface area contributed by atoms with Gasteiger partial charge in [0.05, 0.1) is 0 Å². The second kappa shape index (κ2) is 4.69. The molecule has 0 spiro atoms. The third-order valence-electron chi connectivity index (χ3n) is 3.19. The van der Waals surface area contributed by atoms with Gasteiger partial charge in [-0.05, 0) is 38.0 Å². The highest BCUT2D eigenvalue weighted by Gasteiger charge is 2.27. The van der Waals surface area contributed by atoms with Crippen molar-refractivity contribution in [3.05, 3.63) is 12.3 Å². The molecule has 1 aliphatic rings. The minimum absolute atomic E-state index is 0.663. The fourth-order valence-corrected chi connectivity index (χ4v) is 2.30. The Kier molecular flexibility index (Phi) is 3.83. The van der Waals surface area contributed by atoms with Crippen LogP contribution in [0.1, 0.15) is 52.4 Å². The van der Waals surface area contributed by atoms with E-state index in [4.69, 9.17) is 0 Å². The Balaban J connectivity index is 2.07. The summed E-state index contributed by atoms with van der Waals surface area (Å²) < 4.78 is 0. The number of rotatable bonds is 5. The molecular weight excluding hydrogens is 158 g/mol. The average Bonchev–Trinajstić information content (AvgIpc) is 2.47. The van der Waals surface area contributed by atoms with Crippen LogP contribution in [-0.2, 0) is 0 Å². The maximum absolute atomic E-state index is 3.83. The molecule has 0 amide bonds. The number of hydrogen-bond donors (Lipinski definition) is 1. The molecule has 0 radical (unpaired) electrons. The first-order valence-electron chi connectivity index (χ1n) is 5.52. The molecule has 0 saturated heterocycles. The summed E-state index contributed by atoms with van der Waals surface area (Å²) in [5.74, 6) is 0. The first-order valence-corrected chi connectivity index (χ1v) is 5.52. The van der Waals surface area contributed by atoms with Gasteiger partial charge in [-0.3, -0.25) is 0 Å². The van der Waals surface area contributed by atoms with Crippen LogP contribution in [0.3, 0.4) is 0 Å². The smallest absolute Gasteiger partial charge is 0.0143 e. The van der Waals surface area contributed by atoms with Crippen LogP contribution < -0.4 is 5.32 Å². The van der Waals surface area contributed by atoms with Crippen LogP contribution in [0.4, 0.5) is 0 Å². The molecule has 0 atom stereocenters. The number of hydrogen-bond acceptors (Lipinski definition) is 1. The van der Waals surface area contributed by atoms with E-state index in [1.54, 1.807) is 0 Å². The zero-order chi connectivity index (χ0) is 9.73. The molecule has 0 bridgehead atoms. The van der Waals surface area contributed by atoms with Gasteiger partial charge in [0.15, 0.2) is 0 Å². The molecule has 0 aromatic carbocycles. The van der Waals surface area contributed by atoms with E-state index in [0.717, 1.165) is 12.2 Å². The Morgan fingerprint density at radius 2 is 2.00 bits per heavy atom. The van der Waals surface area contributed by atoms with Crippen molar-refractivity contribution in [1.29, 1.82) is 0 Å². The summed E-state index contributed by atoms with van der Waals surface area (Å²) in [6.45, 7) is 9.40. The molecule has 1 nitrogen and oxygen atoms in total. The van der Waals surface area contributed by atoms with Crippen molar-refractivity contribution < 1.29 is 0 Å². The van der Waals surface area contributed by atoms with Crippen molar-refractivity contribution in [3.63, 3.8) is 0 Å².